The van der Waals surface area contributed by atoms with Gasteiger partial charge in [-0.05, 0) is 18.2 Å². The normalized spacial score (nSPS) is 10.2. The van der Waals surface area contributed by atoms with Crippen LogP contribution in [-0.4, -0.2) is 26.2 Å². The Labute approximate surface area is 90.0 Å². The van der Waals surface area contributed by atoms with Gasteiger partial charge in [0.2, 0.25) is 0 Å². The monoisotopic (exact) mass is 209 g/mol. The molecule has 0 aliphatic carbocycles. The van der Waals surface area contributed by atoms with Crippen molar-refractivity contribution in [2.45, 2.75) is 0 Å². The number of rotatable bonds is 6. The first kappa shape index (κ1) is 11.6. The first-order valence-electron chi connectivity index (χ1n) is 5.03. The quantitative estimate of drug-likeness (QED) is 0.330. The molecule has 0 heterocycles. The topological polar surface area (TPSA) is 102 Å². The van der Waals surface area contributed by atoms with Crippen LogP contribution in [-0.2, 0) is 0 Å². The molecule has 0 aromatic heterocycles. The van der Waals surface area contributed by atoms with Crippen LogP contribution in [0.2, 0.25) is 0 Å². The van der Waals surface area contributed by atoms with Gasteiger partial charge in [-0.2, -0.15) is 0 Å². The third kappa shape index (κ3) is 4.05. The molecular weight excluding hydrogens is 190 g/mol. The van der Waals surface area contributed by atoms with Gasteiger partial charge < -0.3 is 27.8 Å². The van der Waals surface area contributed by atoms with Gasteiger partial charge in [0.05, 0.1) is 11.4 Å². The van der Waals surface area contributed by atoms with E-state index in [1.165, 1.54) is 0 Å². The summed E-state index contributed by atoms with van der Waals surface area (Å²) in [6, 6.07) is 5.41. The van der Waals surface area contributed by atoms with Crippen molar-refractivity contribution in [2.75, 3.05) is 43.0 Å². The largest absolute Gasteiger partial charge is 0.399 e. The van der Waals surface area contributed by atoms with Crippen LogP contribution in [0.4, 0.5) is 17.1 Å². The summed E-state index contributed by atoms with van der Waals surface area (Å²) < 4.78 is 0. The summed E-state index contributed by atoms with van der Waals surface area (Å²) in [5.41, 5.74) is 19.1. The highest BCUT2D eigenvalue weighted by molar-refractivity contribution is 5.70. The number of anilines is 3. The second-order valence-corrected chi connectivity index (χ2v) is 3.31. The molecule has 0 spiro atoms. The molecule has 84 valence electrons. The molecule has 15 heavy (non-hydrogen) atoms. The van der Waals surface area contributed by atoms with E-state index in [4.69, 9.17) is 17.2 Å². The Morgan fingerprint density at radius 1 is 1.07 bits per heavy atom. The molecular formula is C10H19N5. The smallest absolute Gasteiger partial charge is 0.0595 e. The molecule has 1 aromatic rings. The van der Waals surface area contributed by atoms with Gasteiger partial charge >= 0.3 is 0 Å². The minimum atomic E-state index is 0.653. The lowest BCUT2D eigenvalue weighted by Gasteiger charge is -2.10. The second-order valence-electron chi connectivity index (χ2n) is 3.31. The standard InChI is InChI=1S/C10H19N5/c11-3-4-14-5-6-15-10-7-8(12)1-2-9(10)13/h1-2,7,14-15H,3-6,11-13H2. The van der Waals surface area contributed by atoms with E-state index in [1.807, 2.05) is 6.07 Å². The van der Waals surface area contributed by atoms with Crippen LogP contribution < -0.4 is 27.8 Å². The van der Waals surface area contributed by atoms with Crippen molar-refractivity contribution >= 4 is 17.1 Å². The van der Waals surface area contributed by atoms with Crippen LogP contribution in [0.25, 0.3) is 0 Å². The average molecular weight is 209 g/mol. The van der Waals surface area contributed by atoms with Crippen molar-refractivity contribution in [3.8, 4) is 0 Å². The van der Waals surface area contributed by atoms with E-state index >= 15 is 0 Å². The maximum Gasteiger partial charge on any atom is 0.0595 e. The maximum absolute atomic E-state index is 5.77. The van der Waals surface area contributed by atoms with Crippen molar-refractivity contribution in [3.63, 3.8) is 0 Å². The van der Waals surface area contributed by atoms with E-state index in [1.54, 1.807) is 12.1 Å². The van der Waals surface area contributed by atoms with Gasteiger partial charge in [-0.15, -0.1) is 0 Å². The molecule has 5 nitrogen and oxygen atoms in total. The first-order valence-corrected chi connectivity index (χ1v) is 5.03. The maximum atomic E-state index is 5.77. The predicted molar refractivity (Wildman–Crippen MR) is 65.7 cm³/mol. The zero-order valence-electron chi connectivity index (χ0n) is 8.79. The van der Waals surface area contributed by atoms with E-state index in [0.717, 1.165) is 25.3 Å². The molecule has 0 saturated heterocycles. The first-order chi connectivity index (χ1) is 7.24. The summed E-state index contributed by atoms with van der Waals surface area (Å²) in [5, 5.41) is 6.38. The summed E-state index contributed by atoms with van der Waals surface area (Å²) in [5.74, 6) is 0. The van der Waals surface area contributed by atoms with Gasteiger partial charge in [0.25, 0.3) is 0 Å². The fraction of sp³-hybridized carbons (Fsp3) is 0.400. The van der Waals surface area contributed by atoms with Crippen molar-refractivity contribution < 1.29 is 0 Å². The molecule has 0 bridgehead atoms. The number of hydrogen-bond donors (Lipinski definition) is 5. The molecule has 1 aromatic carbocycles. The van der Waals surface area contributed by atoms with Gasteiger partial charge in [-0.25, -0.2) is 0 Å². The third-order valence-electron chi connectivity index (χ3n) is 2.02. The van der Waals surface area contributed by atoms with E-state index in [2.05, 4.69) is 10.6 Å². The summed E-state index contributed by atoms with van der Waals surface area (Å²) in [4.78, 5) is 0. The molecule has 1 rings (SSSR count). The van der Waals surface area contributed by atoms with Gasteiger partial charge in [-0.1, -0.05) is 0 Å². The Morgan fingerprint density at radius 2 is 1.87 bits per heavy atom. The van der Waals surface area contributed by atoms with Crippen molar-refractivity contribution in [1.29, 1.82) is 0 Å². The average Bonchev–Trinajstić information content (AvgIpc) is 2.23. The minimum Gasteiger partial charge on any atom is -0.399 e. The zero-order chi connectivity index (χ0) is 11.1. The van der Waals surface area contributed by atoms with Gasteiger partial charge in [0.1, 0.15) is 0 Å². The lowest BCUT2D eigenvalue weighted by molar-refractivity contribution is 0.707. The fourth-order valence-electron chi connectivity index (χ4n) is 1.24. The highest BCUT2D eigenvalue weighted by Crippen LogP contribution is 2.20. The molecule has 5 heteroatoms. The Bertz CT molecular complexity index is 300. The number of nitrogen functional groups attached to an aromatic ring is 2. The van der Waals surface area contributed by atoms with E-state index < -0.39 is 0 Å². The highest BCUT2D eigenvalue weighted by atomic mass is 15.0. The van der Waals surface area contributed by atoms with Crippen LogP contribution in [0.5, 0.6) is 0 Å². The van der Waals surface area contributed by atoms with Crippen LogP contribution in [0, 0.1) is 0 Å². The molecule has 0 amide bonds. The van der Waals surface area contributed by atoms with Gasteiger partial charge in [0, 0.05) is 31.9 Å². The minimum absolute atomic E-state index is 0.653. The van der Waals surface area contributed by atoms with E-state index in [-0.39, 0.29) is 0 Å². The predicted octanol–water partition coefficient (Wildman–Crippen LogP) is -0.189. The summed E-state index contributed by atoms with van der Waals surface area (Å²) in [6.45, 7) is 3.13. The number of nitrogens with two attached hydrogens (primary N) is 3. The summed E-state index contributed by atoms with van der Waals surface area (Å²) in [6.07, 6.45) is 0. The zero-order valence-corrected chi connectivity index (χ0v) is 8.79. The lowest BCUT2D eigenvalue weighted by atomic mass is 10.2. The molecule has 8 N–H and O–H groups in total. The van der Waals surface area contributed by atoms with Gasteiger partial charge in [0.15, 0.2) is 0 Å². The fourth-order valence-corrected chi connectivity index (χ4v) is 1.24. The Morgan fingerprint density at radius 3 is 2.60 bits per heavy atom. The third-order valence-corrected chi connectivity index (χ3v) is 2.02. The van der Waals surface area contributed by atoms with Crippen LogP contribution in [0.15, 0.2) is 18.2 Å². The molecule has 0 atom stereocenters. The molecule has 0 unspecified atom stereocenters. The Balaban J connectivity index is 2.33. The van der Waals surface area contributed by atoms with E-state index in [9.17, 15) is 0 Å². The van der Waals surface area contributed by atoms with Crippen molar-refractivity contribution in [2.24, 2.45) is 5.73 Å². The number of benzene rings is 1. The van der Waals surface area contributed by atoms with Crippen molar-refractivity contribution in [1.82, 2.24) is 5.32 Å². The van der Waals surface area contributed by atoms with Crippen LogP contribution >= 0.6 is 0 Å². The molecule has 0 fully saturated rings. The number of nitrogens with one attached hydrogen (secondary N) is 2. The summed E-state index contributed by atoms with van der Waals surface area (Å²) >= 11 is 0. The SMILES string of the molecule is NCCNCCNc1cc(N)ccc1N. The Kier molecular flexibility index (Phi) is 4.73. The molecule has 0 radical (unpaired) electrons. The highest BCUT2D eigenvalue weighted by Gasteiger charge is 1.97. The van der Waals surface area contributed by atoms with E-state index in [0.29, 0.717) is 17.9 Å². The molecule has 0 saturated carbocycles. The lowest BCUT2D eigenvalue weighted by Crippen LogP contribution is -2.27. The Hall–Kier alpha value is -1.46. The summed E-state index contributed by atoms with van der Waals surface area (Å²) in [7, 11) is 0. The van der Waals surface area contributed by atoms with Crippen molar-refractivity contribution in [3.05, 3.63) is 18.2 Å². The van der Waals surface area contributed by atoms with Crippen LogP contribution in [0.1, 0.15) is 0 Å². The van der Waals surface area contributed by atoms with Crippen LogP contribution in [0.3, 0.4) is 0 Å². The second kappa shape index (κ2) is 6.10. The molecule has 0 aliphatic heterocycles. The number of hydrogen-bond acceptors (Lipinski definition) is 5. The van der Waals surface area contributed by atoms with Gasteiger partial charge in [-0.3, -0.25) is 0 Å². The molecule has 0 aliphatic rings.